The largest absolute Gasteiger partial charge is 0.462 e. The van der Waals surface area contributed by atoms with Crippen LogP contribution in [0.3, 0.4) is 0 Å². The average Bonchev–Trinajstić information content (AvgIpc) is 3.12. The summed E-state index contributed by atoms with van der Waals surface area (Å²) in [6.07, 6.45) is 1.84. The standard InChI is InChI=1S/C15H11BrN2O2S/c16-11-4-1-2-5-12(11)18-14(19)8-10-9-21-15(17-10)13-6-3-7-20-13/h1-7,9H,8H2,(H,18,19). The molecule has 21 heavy (non-hydrogen) atoms. The highest BCUT2D eigenvalue weighted by atomic mass is 79.9. The highest BCUT2D eigenvalue weighted by molar-refractivity contribution is 9.10. The van der Waals surface area contributed by atoms with Crippen LogP contribution in [0.1, 0.15) is 5.69 Å². The van der Waals surface area contributed by atoms with E-state index < -0.39 is 0 Å². The number of rotatable bonds is 4. The van der Waals surface area contributed by atoms with Crippen molar-refractivity contribution in [1.29, 1.82) is 0 Å². The number of carbonyl (C=O) groups is 1. The molecule has 0 bridgehead atoms. The van der Waals surface area contributed by atoms with Crippen LogP contribution in [0, 0.1) is 0 Å². The van der Waals surface area contributed by atoms with Gasteiger partial charge in [-0.05, 0) is 40.2 Å². The number of para-hydroxylation sites is 1. The molecule has 1 amide bonds. The molecule has 2 heterocycles. The lowest BCUT2D eigenvalue weighted by molar-refractivity contribution is -0.115. The molecule has 6 heteroatoms. The topological polar surface area (TPSA) is 55.1 Å². The molecule has 0 aliphatic rings. The maximum absolute atomic E-state index is 12.0. The van der Waals surface area contributed by atoms with Crippen LogP contribution in [0.25, 0.3) is 10.8 Å². The zero-order valence-electron chi connectivity index (χ0n) is 10.9. The van der Waals surface area contributed by atoms with Crippen molar-refractivity contribution in [3.63, 3.8) is 0 Å². The molecule has 1 N–H and O–H groups in total. The van der Waals surface area contributed by atoms with Crippen LogP contribution in [0.15, 0.2) is 56.9 Å². The molecule has 3 rings (SSSR count). The van der Waals surface area contributed by atoms with Crippen LogP contribution < -0.4 is 5.32 Å². The van der Waals surface area contributed by atoms with Gasteiger partial charge in [0.2, 0.25) is 5.91 Å². The third-order valence-electron chi connectivity index (χ3n) is 2.77. The smallest absolute Gasteiger partial charge is 0.230 e. The molecule has 1 aromatic carbocycles. The molecule has 0 spiro atoms. The van der Waals surface area contributed by atoms with Gasteiger partial charge in [-0.3, -0.25) is 4.79 Å². The quantitative estimate of drug-likeness (QED) is 0.750. The van der Waals surface area contributed by atoms with Crippen molar-refractivity contribution >= 4 is 38.9 Å². The predicted octanol–water partition coefficient (Wildman–Crippen LogP) is 4.35. The minimum atomic E-state index is -0.0989. The van der Waals surface area contributed by atoms with Crippen LogP contribution in [0.2, 0.25) is 0 Å². The number of aromatic nitrogens is 1. The lowest BCUT2D eigenvalue weighted by Gasteiger charge is -2.05. The second kappa shape index (κ2) is 6.24. The van der Waals surface area contributed by atoms with Crippen LogP contribution in [-0.2, 0) is 11.2 Å². The zero-order valence-corrected chi connectivity index (χ0v) is 13.3. The molecule has 0 fully saturated rings. The highest BCUT2D eigenvalue weighted by Crippen LogP contribution is 2.25. The Morgan fingerprint density at radius 3 is 2.90 bits per heavy atom. The first-order valence-electron chi connectivity index (χ1n) is 6.25. The maximum Gasteiger partial charge on any atom is 0.230 e. The maximum atomic E-state index is 12.0. The predicted molar refractivity (Wildman–Crippen MR) is 86.3 cm³/mol. The van der Waals surface area contributed by atoms with E-state index >= 15 is 0 Å². The monoisotopic (exact) mass is 362 g/mol. The first kappa shape index (κ1) is 14.0. The van der Waals surface area contributed by atoms with Crippen molar-refractivity contribution in [2.24, 2.45) is 0 Å². The summed E-state index contributed by atoms with van der Waals surface area (Å²) in [6.45, 7) is 0. The minimum absolute atomic E-state index is 0.0989. The van der Waals surface area contributed by atoms with Gasteiger partial charge in [0.05, 0.1) is 24.1 Å². The second-order valence-corrected chi connectivity index (χ2v) is 6.04. The molecule has 0 aliphatic heterocycles. The molecule has 106 valence electrons. The molecule has 0 radical (unpaired) electrons. The highest BCUT2D eigenvalue weighted by Gasteiger charge is 2.11. The molecule has 0 saturated carbocycles. The third-order valence-corrected chi connectivity index (χ3v) is 4.37. The Kier molecular flexibility index (Phi) is 4.17. The van der Waals surface area contributed by atoms with Crippen molar-refractivity contribution in [2.45, 2.75) is 6.42 Å². The number of hydrogen-bond acceptors (Lipinski definition) is 4. The molecule has 2 aromatic heterocycles. The van der Waals surface area contributed by atoms with Gasteiger partial charge in [0.25, 0.3) is 0 Å². The van der Waals surface area contributed by atoms with Gasteiger partial charge >= 0.3 is 0 Å². The molecule has 4 nitrogen and oxygen atoms in total. The number of nitrogens with zero attached hydrogens (tertiary/aromatic N) is 1. The number of benzene rings is 1. The number of carbonyl (C=O) groups excluding carboxylic acids is 1. The summed E-state index contributed by atoms with van der Waals surface area (Å²) in [6, 6.07) is 11.2. The third kappa shape index (κ3) is 3.40. The van der Waals surface area contributed by atoms with Gasteiger partial charge in [0.15, 0.2) is 10.8 Å². The fourth-order valence-electron chi connectivity index (χ4n) is 1.82. The van der Waals surface area contributed by atoms with Crippen LogP contribution >= 0.6 is 27.3 Å². The van der Waals surface area contributed by atoms with Crippen LogP contribution in [0.4, 0.5) is 5.69 Å². The Morgan fingerprint density at radius 2 is 2.14 bits per heavy atom. The molecular formula is C15H11BrN2O2S. The first-order chi connectivity index (χ1) is 10.2. The fourth-order valence-corrected chi connectivity index (χ4v) is 2.99. The van der Waals surface area contributed by atoms with Gasteiger partial charge in [-0.1, -0.05) is 12.1 Å². The number of furan rings is 1. The Labute approximate surface area is 134 Å². The van der Waals surface area contributed by atoms with E-state index in [4.69, 9.17) is 4.42 Å². The van der Waals surface area contributed by atoms with Gasteiger partial charge in [0, 0.05) is 9.85 Å². The Balaban J connectivity index is 1.67. The number of anilines is 1. The Hall–Kier alpha value is -1.92. The van der Waals surface area contributed by atoms with Gasteiger partial charge in [-0.25, -0.2) is 4.98 Å². The number of halogens is 1. The molecule has 0 atom stereocenters. The van der Waals surface area contributed by atoms with Crippen molar-refractivity contribution in [2.75, 3.05) is 5.32 Å². The summed E-state index contributed by atoms with van der Waals surface area (Å²) in [7, 11) is 0. The van der Waals surface area contributed by atoms with Crippen LogP contribution in [0.5, 0.6) is 0 Å². The van der Waals surface area contributed by atoms with Crippen molar-refractivity contribution < 1.29 is 9.21 Å². The van der Waals surface area contributed by atoms with E-state index in [-0.39, 0.29) is 12.3 Å². The summed E-state index contributed by atoms with van der Waals surface area (Å²) < 4.78 is 6.14. The number of hydrogen-bond donors (Lipinski definition) is 1. The molecule has 3 aromatic rings. The molecule has 0 aliphatic carbocycles. The fraction of sp³-hybridized carbons (Fsp3) is 0.0667. The Morgan fingerprint density at radius 1 is 1.29 bits per heavy atom. The van der Waals surface area contributed by atoms with Crippen molar-refractivity contribution in [3.05, 3.63) is 58.2 Å². The number of thiazole rings is 1. The van der Waals surface area contributed by atoms with E-state index in [9.17, 15) is 4.79 Å². The summed E-state index contributed by atoms with van der Waals surface area (Å²) >= 11 is 4.86. The zero-order chi connectivity index (χ0) is 14.7. The van der Waals surface area contributed by atoms with E-state index in [1.165, 1.54) is 11.3 Å². The summed E-state index contributed by atoms with van der Waals surface area (Å²) in [4.78, 5) is 16.4. The average molecular weight is 363 g/mol. The normalized spacial score (nSPS) is 10.5. The van der Waals surface area contributed by atoms with Gasteiger partial charge in [-0.2, -0.15) is 0 Å². The SMILES string of the molecule is O=C(Cc1csc(-c2ccco2)n1)Nc1ccccc1Br. The number of nitrogens with one attached hydrogen (secondary N) is 1. The van der Waals surface area contributed by atoms with Gasteiger partial charge in [-0.15, -0.1) is 11.3 Å². The minimum Gasteiger partial charge on any atom is -0.462 e. The van der Waals surface area contributed by atoms with Crippen molar-refractivity contribution in [3.8, 4) is 10.8 Å². The van der Waals surface area contributed by atoms with E-state index in [0.29, 0.717) is 0 Å². The summed E-state index contributed by atoms with van der Waals surface area (Å²) in [5.41, 5.74) is 1.49. The van der Waals surface area contributed by atoms with E-state index in [2.05, 4.69) is 26.2 Å². The summed E-state index contributed by atoms with van der Waals surface area (Å²) in [5, 5.41) is 5.51. The van der Waals surface area contributed by atoms with E-state index in [1.807, 2.05) is 41.8 Å². The van der Waals surface area contributed by atoms with Gasteiger partial charge in [0.1, 0.15) is 0 Å². The molecule has 0 unspecified atom stereocenters. The van der Waals surface area contributed by atoms with Crippen molar-refractivity contribution in [1.82, 2.24) is 4.98 Å². The van der Waals surface area contributed by atoms with E-state index in [1.54, 1.807) is 6.26 Å². The summed E-state index contributed by atoms with van der Waals surface area (Å²) in [5.74, 6) is 0.621. The van der Waals surface area contributed by atoms with E-state index in [0.717, 1.165) is 26.6 Å². The number of amides is 1. The van der Waals surface area contributed by atoms with Gasteiger partial charge < -0.3 is 9.73 Å². The first-order valence-corrected chi connectivity index (χ1v) is 7.92. The Bertz CT molecular complexity index is 753. The molecule has 0 saturated heterocycles. The molecular weight excluding hydrogens is 352 g/mol. The lowest BCUT2D eigenvalue weighted by Crippen LogP contribution is -2.14. The second-order valence-electron chi connectivity index (χ2n) is 4.33. The van der Waals surface area contributed by atoms with Crippen LogP contribution in [-0.4, -0.2) is 10.9 Å². The lowest BCUT2D eigenvalue weighted by atomic mass is 10.3.